The van der Waals surface area contributed by atoms with E-state index in [1.54, 1.807) is 30.3 Å². The van der Waals surface area contributed by atoms with Gasteiger partial charge in [-0.2, -0.15) is 4.31 Å². The normalized spacial score (nSPS) is 17.0. The Hall–Kier alpha value is -2.22. The first kappa shape index (κ1) is 21.5. The van der Waals surface area contributed by atoms with Gasteiger partial charge in [-0.15, -0.1) is 0 Å². The second kappa shape index (κ2) is 9.52. The van der Waals surface area contributed by atoms with Crippen molar-refractivity contribution in [2.75, 3.05) is 32.7 Å². The number of amides is 1. The summed E-state index contributed by atoms with van der Waals surface area (Å²) in [7, 11) is -3.47. The standard InChI is InChI=1S/C22H29N3O3S/c1-3-21(19-11-9-18(2)10-12-19)23-22(26)17-24-13-15-25(16-14-24)29(27,28)20-7-5-4-6-8-20/h4-12,21H,3,13-17H2,1-2H3,(H,23,26)/t21-/m1/s1. The summed E-state index contributed by atoms with van der Waals surface area (Å²) in [5, 5.41) is 3.10. The number of hydrogen-bond donors (Lipinski definition) is 1. The second-order valence-corrected chi connectivity index (χ2v) is 9.37. The number of hydrogen-bond acceptors (Lipinski definition) is 4. The van der Waals surface area contributed by atoms with Crippen molar-refractivity contribution in [1.82, 2.24) is 14.5 Å². The molecule has 1 amide bonds. The van der Waals surface area contributed by atoms with Crippen LogP contribution in [0.2, 0.25) is 0 Å². The molecule has 6 nitrogen and oxygen atoms in total. The lowest BCUT2D eigenvalue weighted by atomic mass is 10.0. The van der Waals surface area contributed by atoms with Crippen molar-refractivity contribution in [3.05, 3.63) is 65.7 Å². The molecule has 1 aliphatic rings. The molecule has 0 unspecified atom stereocenters. The molecule has 7 heteroatoms. The molecule has 0 spiro atoms. The van der Waals surface area contributed by atoms with Crippen LogP contribution in [0.25, 0.3) is 0 Å². The van der Waals surface area contributed by atoms with Gasteiger partial charge >= 0.3 is 0 Å². The van der Waals surface area contributed by atoms with Gasteiger partial charge in [-0.25, -0.2) is 8.42 Å². The lowest BCUT2D eigenvalue weighted by molar-refractivity contribution is -0.123. The van der Waals surface area contributed by atoms with Gasteiger partial charge in [-0.05, 0) is 31.0 Å². The maximum Gasteiger partial charge on any atom is 0.243 e. The van der Waals surface area contributed by atoms with Crippen LogP contribution in [-0.4, -0.2) is 56.3 Å². The molecule has 2 aromatic carbocycles. The zero-order valence-electron chi connectivity index (χ0n) is 17.0. The molecule has 0 aliphatic carbocycles. The SMILES string of the molecule is CC[C@@H](NC(=O)CN1CCN(S(=O)(=O)c2ccccc2)CC1)c1ccc(C)cc1. The first-order valence-electron chi connectivity index (χ1n) is 10.0. The molecule has 0 aromatic heterocycles. The topological polar surface area (TPSA) is 69.7 Å². The number of nitrogens with one attached hydrogen (secondary N) is 1. The number of carbonyl (C=O) groups is 1. The summed E-state index contributed by atoms with van der Waals surface area (Å²) in [6.45, 7) is 6.24. The summed E-state index contributed by atoms with van der Waals surface area (Å²) in [6, 6.07) is 16.7. The van der Waals surface area contributed by atoms with Crippen molar-refractivity contribution >= 4 is 15.9 Å². The first-order chi connectivity index (χ1) is 13.9. The van der Waals surface area contributed by atoms with Crippen LogP contribution < -0.4 is 5.32 Å². The van der Waals surface area contributed by atoms with Crippen LogP contribution in [0.3, 0.4) is 0 Å². The van der Waals surface area contributed by atoms with Crippen LogP contribution >= 0.6 is 0 Å². The second-order valence-electron chi connectivity index (χ2n) is 7.43. The molecule has 1 aliphatic heterocycles. The number of piperazine rings is 1. The monoisotopic (exact) mass is 415 g/mol. The summed E-state index contributed by atoms with van der Waals surface area (Å²) >= 11 is 0. The quantitative estimate of drug-likeness (QED) is 0.755. The number of rotatable bonds is 7. The van der Waals surface area contributed by atoms with Gasteiger partial charge in [0.25, 0.3) is 0 Å². The van der Waals surface area contributed by atoms with Gasteiger partial charge < -0.3 is 5.32 Å². The van der Waals surface area contributed by atoms with E-state index in [1.165, 1.54) is 9.87 Å². The van der Waals surface area contributed by atoms with E-state index in [0.717, 1.165) is 12.0 Å². The molecule has 156 valence electrons. The van der Waals surface area contributed by atoms with E-state index < -0.39 is 10.0 Å². The Balaban J connectivity index is 1.52. The molecule has 1 N–H and O–H groups in total. The van der Waals surface area contributed by atoms with E-state index in [9.17, 15) is 13.2 Å². The van der Waals surface area contributed by atoms with Gasteiger partial charge in [-0.3, -0.25) is 9.69 Å². The molecule has 0 saturated carbocycles. The zero-order valence-corrected chi connectivity index (χ0v) is 17.9. The number of carbonyl (C=O) groups excluding carboxylic acids is 1. The minimum absolute atomic E-state index is 0.0113. The fraction of sp³-hybridized carbons (Fsp3) is 0.409. The van der Waals surface area contributed by atoms with Gasteiger partial charge in [0.05, 0.1) is 17.5 Å². The van der Waals surface area contributed by atoms with E-state index in [1.807, 2.05) is 11.8 Å². The van der Waals surface area contributed by atoms with E-state index in [-0.39, 0.29) is 18.5 Å². The van der Waals surface area contributed by atoms with Crippen LogP contribution in [0.1, 0.15) is 30.5 Å². The molecule has 1 atom stereocenters. The molecule has 0 bridgehead atoms. The lowest BCUT2D eigenvalue weighted by Gasteiger charge is -2.33. The van der Waals surface area contributed by atoms with Gasteiger partial charge in [0.1, 0.15) is 0 Å². The van der Waals surface area contributed by atoms with Gasteiger partial charge in [0, 0.05) is 26.2 Å². The lowest BCUT2D eigenvalue weighted by Crippen LogP contribution is -2.51. The highest BCUT2D eigenvalue weighted by Crippen LogP contribution is 2.18. The van der Waals surface area contributed by atoms with Crippen molar-refractivity contribution in [1.29, 1.82) is 0 Å². The molecule has 2 aromatic rings. The highest BCUT2D eigenvalue weighted by atomic mass is 32.2. The predicted molar refractivity (Wildman–Crippen MR) is 114 cm³/mol. The average molecular weight is 416 g/mol. The van der Waals surface area contributed by atoms with Crippen molar-refractivity contribution in [3.8, 4) is 0 Å². The van der Waals surface area contributed by atoms with Crippen molar-refractivity contribution in [2.24, 2.45) is 0 Å². The van der Waals surface area contributed by atoms with E-state index >= 15 is 0 Å². The fourth-order valence-corrected chi connectivity index (χ4v) is 4.98. The summed E-state index contributed by atoms with van der Waals surface area (Å²) in [6.07, 6.45) is 0.817. The average Bonchev–Trinajstić information content (AvgIpc) is 2.74. The number of nitrogens with zero attached hydrogens (tertiary/aromatic N) is 2. The highest BCUT2D eigenvalue weighted by molar-refractivity contribution is 7.89. The maximum absolute atomic E-state index is 12.7. The molecule has 3 rings (SSSR count). The Morgan fingerprint density at radius 1 is 1.00 bits per heavy atom. The number of benzene rings is 2. The zero-order chi connectivity index (χ0) is 20.9. The summed E-state index contributed by atoms with van der Waals surface area (Å²) < 4.78 is 26.9. The van der Waals surface area contributed by atoms with Gasteiger partial charge in [-0.1, -0.05) is 55.0 Å². The van der Waals surface area contributed by atoms with Gasteiger partial charge in [0.2, 0.25) is 15.9 Å². The van der Waals surface area contributed by atoms with Crippen molar-refractivity contribution in [2.45, 2.75) is 31.2 Å². The third-order valence-corrected chi connectivity index (χ3v) is 7.22. The molecule has 29 heavy (non-hydrogen) atoms. The molecule has 1 saturated heterocycles. The Morgan fingerprint density at radius 2 is 1.62 bits per heavy atom. The molecule has 1 fully saturated rings. The van der Waals surface area contributed by atoms with E-state index in [4.69, 9.17) is 0 Å². The smallest absolute Gasteiger partial charge is 0.243 e. The summed E-state index contributed by atoms with van der Waals surface area (Å²) in [4.78, 5) is 14.9. The van der Waals surface area contributed by atoms with Crippen LogP contribution in [0.4, 0.5) is 0 Å². The van der Waals surface area contributed by atoms with Gasteiger partial charge in [0.15, 0.2) is 0 Å². The minimum Gasteiger partial charge on any atom is -0.348 e. The summed E-state index contributed by atoms with van der Waals surface area (Å²) in [5.41, 5.74) is 2.29. The highest BCUT2D eigenvalue weighted by Gasteiger charge is 2.29. The maximum atomic E-state index is 12.7. The fourth-order valence-electron chi connectivity index (χ4n) is 3.53. The molecule has 1 heterocycles. The Kier molecular flexibility index (Phi) is 7.05. The third-order valence-electron chi connectivity index (χ3n) is 5.30. The van der Waals surface area contributed by atoms with Crippen LogP contribution in [0.15, 0.2) is 59.5 Å². The Labute approximate surface area is 173 Å². The molecular formula is C22H29N3O3S. The largest absolute Gasteiger partial charge is 0.348 e. The molecular weight excluding hydrogens is 386 g/mol. The van der Waals surface area contributed by atoms with Crippen molar-refractivity contribution in [3.63, 3.8) is 0 Å². The van der Waals surface area contributed by atoms with Crippen LogP contribution in [0.5, 0.6) is 0 Å². The molecule has 0 radical (unpaired) electrons. The van der Waals surface area contributed by atoms with E-state index in [2.05, 4.69) is 36.5 Å². The van der Waals surface area contributed by atoms with Crippen molar-refractivity contribution < 1.29 is 13.2 Å². The Bertz CT molecular complexity index is 906. The van der Waals surface area contributed by atoms with Crippen LogP contribution in [0, 0.1) is 6.92 Å². The third kappa shape index (κ3) is 5.44. The first-order valence-corrected chi connectivity index (χ1v) is 11.5. The summed E-state index contributed by atoms with van der Waals surface area (Å²) in [5.74, 6) is -0.0307. The predicted octanol–water partition coefficient (Wildman–Crippen LogP) is 2.57. The van der Waals surface area contributed by atoms with E-state index in [0.29, 0.717) is 31.1 Å². The minimum atomic E-state index is -3.47. The van der Waals surface area contributed by atoms with Crippen LogP contribution in [-0.2, 0) is 14.8 Å². The number of aryl methyl sites for hydroxylation is 1. The Morgan fingerprint density at radius 3 is 2.21 bits per heavy atom. The number of sulfonamides is 1.